The summed E-state index contributed by atoms with van der Waals surface area (Å²) in [5.41, 5.74) is 1.97. The molecule has 0 saturated heterocycles. The molecule has 0 atom stereocenters. The zero-order valence-electron chi connectivity index (χ0n) is 12.2. The number of aldehydes is 1. The van der Waals surface area contributed by atoms with Gasteiger partial charge in [-0.25, -0.2) is 0 Å². The number of hydrogen-bond donors (Lipinski definition) is 1. The third kappa shape index (κ3) is 2.92. The first kappa shape index (κ1) is 14.5. The summed E-state index contributed by atoms with van der Waals surface area (Å²) < 4.78 is 5.14. The highest BCUT2D eigenvalue weighted by Gasteiger charge is 2.14. The van der Waals surface area contributed by atoms with Crippen molar-refractivity contribution in [1.29, 1.82) is 0 Å². The van der Waals surface area contributed by atoms with Crippen molar-refractivity contribution in [2.75, 3.05) is 0 Å². The fourth-order valence-electron chi connectivity index (χ4n) is 2.66. The van der Waals surface area contributed by atoms with E-state index in [1.165, 1.54) is 16.3 Å². The number of aliphatic hydroxyl groups is 1. The Morgan fingerprint density at radius 3 is 2.68 bits per heavy atom. The van der Waals surface area contributed by atoms with Crippen LogP contribution < -0.4 is 0 Å². The highest BCUT2D eigenvalue weighted by molar-refractivity contribution is 5.83. The number of hydrogen-bond acceptors (Lipinski definition) is 4. The van der Waals surface area contributed by atoms with Gasteiger partial charge in [-0.2, -0.15) is 0 Å². The van der Waals surface area contributed by atoms with Crippen LogP contribution in [0.15, 0.2) is 47.0 Å². The minimum absolute atomic E-state index is 0.197. The van der Waals surface area contributed by atoms with E-state index in [4.69, 9.17) is 4.52 Å². The molecule has 3 rings (SSSR count). The standard InChI is InChI=1S/C18H17NO3/c20-11-16-17(12-21)19-22-18(16)7-3-4-13-8-9-14-5-1-2-6-15(14)10-13/h1-2,5-6,8-10,12,20H,3-4,7,11H2. The fourth-order valence-corrected chi connectivity index (χ4v) is 2.66. The summed E-state index contributed by atoms with van der Waals surface area (Å²) >= 11 is 0. The number of aryl methyl sites for hydroxylation is 2. The molecule has 1 N–H and O–H groups in total. The lowest BCUT2D eigenvalue weighted by Gasteiger charge is -2.04. The third-order valence-corrected chi connectivity index (χ3v) is 3.85. The van der Waals surface area contributed by atoms with Crippen molar-refractivity contribution >= 4 is 17.1 Å². The van der Waals surface area contributed by atoms with Crippen molar-refractivity contribution in [2.45, 2.75) is 25.9 Å². The summed E-state index contributed by atoms with van der Waals surface area (Å²) in [5.74, 6) is 0.602. The molecular weight excluding hydrogens is 278 g/mol. The lowest BCUT2D eigenvalue weighted by molar-refractivity contribution is 0.111. The lowest BCUT2D eigenvalue weighted by Crippen LogP contribution is -1.95. The first-order chi connectivity index (χ1) is 10.8. The van der Waals surface area contributed by atoms with Gasteiger partial charge >= 0.3 is 0 Å². The van der Waals surface area contributed by atoms with Crippen LogP contribution in [0.2, 0.25) is 0 Å². The van der Waals surface area contributed by atoms with Crippen molar-refractivity contribution in [2.24, 2.45) is 0 Å². The van der Waals surface area contributed by atoms with Crippen LogP contribution in [0.5, 0.6) is 0 Å². The fraction of sp³-hybridized carbons (Fsp3) is 0.222. The predicted octanol–water partition coefficient (Wildman–Crippen LogP) is 3.31. The van der Waals surface area contributed by atoms with Gasteiger partial charge in [-0.1, -0.05) is 47.6 Å². The Balaban J connectivity index is 1.67. The number of carbonyl (C=O) groups excluding carboxylic acids is 1. The van der Waals surface area contributed by atoms with Gasteiger partial charge in [0.25, 0.3) is 0 Å². The molecule has 112 valence electrons. The van der Waals surface area contributed by atoms with E-state index in [0.717, 1.165) is 12.8 Å². The summed E-state index contributed by atoms with van der Waals surface area (Å²) in [6.45, 7) is -0.219. The summed E-state index contributed by atoms with van der Waals surface area (Å²) in [4.78, 5) is 10.8. The molecular formula is C18H17NO3. The molecule has 0 fully saturated rings. The lowest BCUT2D eigenvalue weighted by atomic mass is 10.0. The largest absolute Gasteiger partial charge is 0.391 e. The van der Waals surface area contributed by atoms with E-state index >= 15 is 0 Å². The number of aromatic nitrogens is 1. The Hall–Kier alpha value is -2.46. The van der Waals surface area contributed by atoms with Gasteiger partial charge in [0.15, 0.2) is 12.0 Å². The number of aliphatic hydroxyl groups excluding tert-OH is 1. The molecule has 2 aromatic carbocycles. The van der Waals surface area contributed by atoms with Gasteiger partial charge in [0.2, 0.25) is 0 Å². The maximum absolute atomic E-state index is 10.8. The zero-order valence-corrected chi connectivity index (χ0v) is 12.2. The number of benzene rings is 2. The van der Waals surface area contributed by atoms with Crippen LogP contribution in [0, 0.1) is 0 Å². The van der Waals surface area contributed by atoms with Gasteiger partial charge in [0.05, 0.1) is 12.2 Å². The molecule has 0 amide bonds. The van der Waals surface area contributed by atoms with E-state index < -0.39 is 0 Å². The maximum Gasteiger partial charge on any atom is 0.172 e. The first-order valence-corrected chi connectivity index (χ1v) is 7.33. The molecule has 0 aliphatic carbocycles. The molecule has 0 aliphatic heterocycles. The molecule has 0 bridgehead atoms. The molecule has 22 heavy (non-hydrogen) atoms. The Morgan fingerprint density at radius 2 is 1.91 bits per heavy atom. The summed E-state index contributed by atoms with van der Waals surface area (Å²) in [6.07, 6.45) is 3.05. The van der Waals surface area contributed by atoms with Crippen LogP contribution in [-0.4, -0.2) is 16.5 Å². The molecule has 4 nitrogen and oxygen atoms in total. The van der Waals surface area contributed by atoms with Crippen molar-refractivity contribution in [3.63, 3.8) is 0 Å². The monoisotopic (exact) mass is 295 g/mol. The Labute approximate surface area is 128 Å². The Bertz CT molecular complexity index is 792. The van der Waals surface area contributed by atoms with Gasteiger partial charge in [-0.05, 0) is 29.2 Å². The minimum atomic E-state index is -0.219. The second kappa shape index (κ2) is 6.54. The van der Waals surface area contributed by atoms with Crippen LogP contribution >= 0.6 is 0 Å². The molecule has 0 saturated carbocycles. The van der Waals surface area contributed by atoms with E-state index in [-0.39, 0.29) is 12.3 Å². The van der Waals surface area contributed by atoms with Crippen LogP contribution in [0.3, 0.4) is 0 Å². The molecule has 0 unspecified atom stereocenters. The SMILES string of the molecule is O=Cc1noc(CCCc2ccc3ccccc3c2)c1CO. The second-order valence-electron chi connectivity index (χ2n) is 5.28. The minimum Gasteiger partial charge on any atom is -0.391 e. The quantitative estimate of drug-likeness (QED) is 0.709. The van der Waals surface area contributed by atoms with E-state index in [9.17, 15) is 9.90 Å². The van der Waals surface area contributed by atoms with Gasteiger partial charge in [-0.3, -0.25) is 4.79 Å². The number of nitrogens with zero attached hydrogens (tertiary/aromatic N) is 1. The van der Waals surface area contributed by atoms with Gasteiger partial charge in [-0.15, -0.1) is 0 Å². The van der Waals surface area contributed by atoms with Gasteiger partial charge in [0, 0.05) is 6.42 Å². The van der Waals surface area contributed by atoms with E-state index in [0.29, 0.717) is 24.0 Å². The smallest absolute Gasteiger partial charge is 0.172 e. The van der Waals surface area contributed by atoms with Gasteiger partial charge in [0.1, 0.15) is 5.76 Å². The third-order valence-electron chi connectivity index (χ3n) is 3.85. The number of rotatable bonds is 6. The van der Waals surface area contributed by atoms with Crippen LogP contribution in [-0.2, 0) is 19.4 Å². The molecule has 4 heteroatoms. The van der Waals surface area contributed by atoms with E-state index in [2.05, 4.69) is 35.5 Å². The molecule has 1 heterocycles. The van der Waals surface area contributed by atoms with E-state index in [1.54, 1.807) is 0 Å². The summed E-state index contributed by atoms with van der Waals surface area (Å²) in [5, 5.41) is 15.4. The number of carbonyl (C=O) groups is 1. The molecule has 0 spiro atoms. The highest BCUT2D eigenvalue weighted by Crippen LogP contribution is 2.19. The van der Waals surface area contributed by atoms with Crippen molar-refractivity contribution in [3.8, 4) is 0 Å². The Morgan fingerprint density at radius 1 is 1.09 bits per heavy atom. The van der Waals surface area contributed by atoms with Crippen molar-refractivity contribution in [1.82, 2.24) is 5.16 Å². The van der Waals surface area contributed by atoms with E-state index in [1.807, 2.05) is 12.1 Å². The number of fused-ring (bicyclic) bond motifs is 1. The second-order valence-corrected chi connectivity index (χ2v) is 5.28. The van der Waals surface area contributed by atoms with Crippen molar-refractivity contribution in [3.05, 3.63) is 65.0 Å². The maximum atomic E-state index is 10.8. The summed E-state index contributed by atoms with van der Waals surface area (Å²) in [6, 6.07) is 14.7. The first-order valence-electron chi connectivity index (χ1n) is 7.33. The van der Waals surface area contributed by atoms with Crippen molar-refractivity contribution < 1.29 is 14.4 Å². The van der Waals surface area contributed by atoms with Crippen LogP contribution in [0.1, 0.15) is 33.8 Å². The molecule has 3 aromatic rings. The molecule has 0 radical (unpaired) electrons. The topological polar surface area (TPSA) is 63.3 Å². The molecule has 0 aliphatic rings. The normalized spacial score (nSPS) is 11.0. The average molecular weight is 295 g/mol. The zero-order chi connectivity index (χ0) is 15.4. The summed E-state index contributed by atoms with van der Waals surface area (Å²) in [7, 11) is 0. The predicted molar refractivity (Wildman–Crippen MR) is 83.8 cm³/mol. The average Bonchev–Trinajstić information content (AvgIpc) is 2.96. The Kier molecular flexibility index (Phi) is 4.30. The van der Waals surface area contributed by atoms with Gasteiger partial charge < -0.3 is 9.63 Å². The molecule has 1 aromatic heterocycles. The van der Waals surface area contributed by atoms with Crippen LogP contribution in [0.25, 0.3) is 10.8 Å². The van der Waals surface area contributed by atoms with Crippen LogP contribution in [0.4, 0.5) is 0 Å². The highest BCUT2D eigenvalue weighted by atomic mass is 16.5.